The minimum Gasteiger partial charge on any atom is -0.493 e. The van der Waals surface area contributed by atoms with Gasteiger partial charge in [-0.25, -0.2) is 0 Å². The molecule has 1 saturated heterocycles. The van der Waals surface area contributed by atoms with E-state index in [9.17, 15) is 10.2 Å². The Hall–Kier alpha value is -4.84. The summed E-state index contributed by atoms with van der Waals surface area (Å²) < 4.78 is 52.2. The predicted octanol–water partition coefficient (Wildman–Crippen LogP) is 7.82. The lowest BCUT2D eigenvalue weighted by molar-refractivity contribution is 0.0281. The lowest BCUT2D eigenvalue weighted by atomic mass is 9.85. The van der Waals surface area contributed by atoms with Crippen LogP contribution < -0.4 is 37.9 Å². The molecule has 1 aliphatic heterocycles. The second kappa shape index (κ2) is 17.3. The zero-order valence-electron chi connectivity index (χ0n) is 32.1. The zero-order chi connectivity index (χ0) is 38.4. The summed E-state index contributed by atoms with van der Waals surface area (Å²) in [5.74, 6) is 4.62. The van der Waals surface area contributed by atoms with E-state index in [0.29, 0.717) is 57.1 Å². The van der Waals surface area contributed by atoms with E-state index in [2.05, 4.69) is 13.8 Å². The third-order valence-corrected chi connectivity index (χ3v) is 10.1. The first-order valence-corrected chi connectivity index (χ1v) is 17.6. The smallest absolute Gasteiger partial charge is 0.161 e. The Morgan fingerprint density at radius 1 is 0.453 bits per heavy atom. The quantitative estimate of drug-likeness (QED) is 0.117. The summed E-state index contributed by atoms with van der Waals surface area (Å²) in [5.41, 5.74) is 3.18. The molecule has 4 aromatic carbocycles. The standard InChI is InChI=1S/C42H52O11/c1-23-24(2)42(30-14-18-34(38(22-30)50-10)52-26(4)40(44)28-12-16-32(46-6)36(20-28)48-8)53-41(23)29-13-17-33(37(21-29)49-9)51-25(3)39(43)27-11-15-31(45-5)35(19-27)47-7/h11-26,39-44H,1-10H3/t23-,24-,25-,26-,39+,40+,41+,42+/m1/s1. The van der Waals surface area contributed by atoms with E-state index in [1.165, 1.54) is 0 Å². The molecule has 8 atom stereocenters. The van der Waals surface area contributed by atoms with Crippen molar-refractivity contribution in [3.63, 3.8) is 0 Å². The molecule has 53 heavy (non-hydrogen) atoms. The van der Waals surface area contributed by atoms with E-state index < -0.39 is 24.4 Å². The van der Waals surface area contributed by atoms with Crippen molar-refractivity contribution < 1.29 is 52.8 Å². The number of aliphatic hydroxyl groups excluding tert-OH is 2. The highest BCUT2D eigenvalue weighted by Gasteiger charge is 2.41. The fourth-order valence-corrected chi connectivity index (χ4v) is 6.78. The van der Waals surface area contributed by atoms with Crippen molar-refractivity contribution in [2.24, 2.45) is 11.8 Å². The molecule has 286 valence electrons. The molecule has 1 heterocycles. The summed E-state index contributed by atoms with van der Waals surface area (Å²) in [4.78, 5) is 0. The highest BCUT2D eigenvalue weighted by atomic mass is 16.5. The van der Waals surface area contributed by atoms with Gasteiger partial charge in [0.2, 0.25) is 0 Å². The van der Waals surface area contributed by atoms with Crippen LogP contribution in [0.2, 0.25) is 0 Å². The van der Waals surface area contributed by atoms with Gasteiger partial charge >= 0.3 is 0 Å². The minimum absolute atomic E-state index is 0.167. The monoisotopic (exact) mass is 732 g/mol. The van der Waals surface area contributed by atoms with Crippen LogP contribution in [0.3, 0.4) is 0 Å². The largest absolute Gasteiger partial charge is 0.493 e. The first-order valence-electron chi connectivity index (χ1n) is 17.6. The third-order valence-electron chi connectivity index (χ3n) is 10.1. The molecule has 0 aromatic heterocycles. The Balaban J connectivity index is 1.29. The fraction of sp³-hybridized carbons (Fsp3) is 0.429. The van der Waals surface area contributed by atoms with Gasteiger partial charge in [0.15, 0.2) is 46.0 Å². The molecule has 0 aliphatic carbocycles. The van der Waals surface area contributed by atoms with Crippen molar-refractivity contribution in [3.05, 3.63) is 95.1 Å². The Labute approximate surface area is 312 Å². The van der Waals surface area contributed by atoms with Gasteiger partial charge in [-0.3, -0.25) is 0 Å². The number of hydrogen-bond acceptors (Lipinski definition) is 11. The van der Waals surface area contributed by atoms with Crippen LogP contribution >= 0.6 is 0 Å². The van der Waals surface area contributed by atoms with Crippen molar-refractivity contribution in [1.29, 1.82) is 0 Å². The molecule has 5 rings (SSSR count). The van der Waals surface area contributed by atoms with Crippen LogP contribution in [0, 0.1) is 11.8 Å². The van der Waals surface area contributed by atoms with Crippen molar-refractivity contribution in [3.8, 4) is 46.0 Å². The lowest BCUT2D eigenvalue weighted by Crippen LogP contribution is -2.22. The van der Waals surface area contributed by atoms with Crippen LogP contribution in [0.15, 0.2) is 72.8 Å². The van der Waals surface area contributed by atoms with Gasteiger partial charge in [-0.15, -0.1) is 0 Å². The van der Waals surface area contributed by atoms with E-state index in [4.69, 9.17) is 42.6 Å². The summed E-state index contributed by atoms with van der Waals surface area (Å²) in [5, 5.41) is 22.2. The molecule has 1 fully saturated rings. The maximum atomic E-state index is 11.1. The van der Waals surface area contributed by atoms with Gasteiger partial charge in [0.1, 0.15) is 24.4 Å². The molecule has 11 heteroatoms. The molecular weight excluding hydrogens is 680 g/mol. The fourth-order valence-electron chi connectivity index (χ4n) is 6.78. The molecular formula is C42H52O11. The van der Waals surface area contributed by atoms with E-state index in [1.54, 1.807) is 92.9 Å². The van der Waals surface area contributed by atoms with E-state index in [1.807, 2.05) is 36.4 Å². The Kier molecular flexibility index (Phi) is 12.9. The molecule has 11 nitrogen and oxygen atoms in total. The highest BCUT2D eigenvalue weighted by molar-refractivity contribution is 5.48. The highest BCUT2D eigenvalue weighted by Crippen LogP contribution is 2.51. The van der Waals surface area contributed by atoms with Crippen LogP contribution in [0.1, 0.15) is 74.4 Å². The van der Waals surface area contributed by atoms with Gasteiger partial charge < -0.3 is 52.8 Å². The van der Waals surface area contributed by atoms with Gasteiger partial charge in [0, 0.05) is 0 Å². The van der Waals surface area contributed by atoms with Crippen molar-refractivity contribution >= 4 is 0 Å². The average molecular weight is 733 g/mol. The van der Waals surface area contributed by atoms with Gasteiger partial charge in [0.25, 0.3) is 0 Å². The van der Waals surface area contributed by atoms with Crippen LogP contribution in [0.4, 0.5) is 0 Å². The van der Waals surface area contributed by atoms with Crippen LogP contribution in [-0.2, 0) is 4.74 Å². The number of rotatable bonds is 16. The number of benzene rings is 4. The number of ether oxygens (including phenoxy) is 9. The minimum atomic E-state index is -0.932. The SMILES string of the molecule is COc1ccc([C@@H](O)[C@@H](C)Oc2ccc([C@H]3O[C@H](c4ccc(O[C@H](C)[C@H](O)c5ccc(OC)c(OC)c5)c(OC)c4)[C@H](C)[C@H]3C)cc2OC)cc1OC. The maximum Gasteiger partial charge on any atom is 0.161 e. The molecule has 0 amide bonds. The van der Waals surface area contributed by atoms with Gasteiger partial charge in [-0.1, -0.05) is 38.1 Å². The maximum absolute atomic E-state index is 11.1. The molecule has 0 unspecified atom stereocenters. The molecule has 0 saturated carbocycles. The van der Waals surface area contributed by atoms with Gasteiger partial charge in [-0.05, 0) is 96.5 Å². The molecule has 1 aliphatic rings. The zero-order valence-corrected chi connectivity index (χ0v) is 32.1. The van der Waals surface area contributed by atoms with Crippen LogP contribution in [0.5, 0.6) is 46.0 Å². The third kappa shape index (κ3) is 8.38. The Morgan fingerprint density at radius 2 is 0.774 bits per heavy atom. The normalized spacial score (nSPS) is 20.5. The van der Waals surface area contributed by atoms with Crippen molar-refractivity contribution in [2.75, 3.05) is 42.7 Å². The van der Waals surface area contributed by atoms with E-state index in [-0.39, 0.29) is 24.0 Å². The van der Waals surface area contributed by atoms with Crippen molar-refractivity contribution in [1.82, 2.24) is 0 Å². The summed E-state index contributed by atoms with van der Waals surface area (Å²) >= 11 is 0. The molecule has 2 N–H and O–H groups in total. The second-order valence-electron chi connectivity index (χ2n) is 13.3. The van der Waals surface area contributed by atoms with Crippen molar-refractivity contribution in [2.45, 2.75) is 64.3 Å². The summed E-state index contributed by atoms with van der Waals surface area (Å²) in [6, 6.07) is 22.1. The second-order valence-corrected chi connectivity index (χ2v) is 13.3. The number of aliphatic hydroxyl groups is 2. The van der Waals surface area contributed by atoms with Crippen LogP contribution in [-0.4, -0.2) is 65.1 Å². The molecule has 0 radical (unpaired) electrons. The van der Waals surface area contributed by atoms with Gasteiger partial charge in [-0.2, -0.15) is 0 Å². The summed E-state index contributed by atoms with van der Waals surface area (Å²) in [7, 11) is 9.43. The molecule has 4 aromatic rings. The van der Waals surface area contributed by atoms with Crippen LogP contribution in [0.25, 0.3) is 0 Å². The molecule has 0 bridgehead atoms. The molecule has 0 spiro atoms. The summed E-state index contributed by atoms with van der Waals surface area (Å²) in [6.45, 7) is 7.96. The van der Waals surface area contributed by atoms with E-state index in [0.717, 1.165) is 11.1 Å². The lowest BCUT2D eigenvalue weighted by Gasteiger charge is -2.24. The van der Waals surface area contributed by atoms with Gasteiger partial charge in [0.05, 0.1) is 54.9 Å². The summed E-state index contributed by atoms with van der Waals surface area (Å²) in [6.07, 6.45) is -3.49. The predicted molar refractivity (Wildman–Crippen MR) is 200 cm³/mol. The first kappa shape index (κ1) is 39.4. The average Bonchev–Trinajstić information content (AvgIpc) is 3.49. The Morgan fingerprint density at radius 3 is 1.11 bits per heavy atom. The Bertz CT molecular complexity index is 1700. The number of hydrogen-bond donors (Lipinski definition) is 2. The van der Waals surface area contributed by atoms with E-state index >= 15 is 0 Å². The first-order chi connectivity index (χ1) is 25.5. The topological polar surface area (TPSA) is 124 Å². The number of methoxy groups -OCH3 is 6.